The lowest BCUT2D eigenvalue weighted by Crippen LogP contribution is -2.50. The number of rotatable bonds is 4. The van der Waals surface area contributed by atoms with E-state index in [1.165, 1.54) is 12.0 Å². The van der Waals surface area contributed by atoms with Gasteiger partial charge in [0, 0.05) is 13.1 Å². The SMILES string of the molecule is CNCC1CCN(C(=O)C2(c3ccccc3)CCC2)C1. The van der Waals surface area contributed by atoms with Gasteiger partial charge < -0.3 is 10.2 Å². The van der Waals surface area contributed by atoms with Gasteiger partial charge in [0.25, 0.3) is 0 Å². The average Bonchev–Trinajstić information content (AvgIpc) is 2.88. The molecule has 1 N–H and O–H groups in total. The Balaban J connectivity index is 1.76. The monoisotopic (exact) mass is 272 g/mol. The second-order valence-corrected chi connectivity index (χ2v) is 6.27. The Bertz CT molecular complexity index is 467. The summed E-state index contributed by atoms with van der Waals surface area (Å²) in [5, 5.41) is 3.23. The van der Waals surface area contributed by atoms with Crippen LogP contribution >= 0.6 is 0 Å². The molecule has 1 aliphatic heterocycles. The Hall–Kier alpha value is -1.35. The first kappa shape index (κ1) is 13.6. The summed E-state index contributed by atoms with van der Waals surface area (Å²) in [6.45, 7) is 2.87. The second kappa shape index (κ2) is 5.57. The summed E-state index contributed by atoms with van der Waals surface area (Å²) in [6.07, 6.45) is 4.35. The Labute approximate surface area is 121 Å². The summed E-state index contributed by atoms with van der Waals surface area (Å²) in [6, 6.07) is 10.4. The minimum Gasteiger partial charge on any atom is -0.342 e. The Morgan fingerprint density at radius 1 is 1.35 bits per heavy atom. The quantitative estimate of drug-likeness (QED) is 0.911. The number of nitrogens with one attached hydrogen (secondary N) is 1. The van der Waals surface area contributed by atoms with Crippen LogP contribution < -0.4 is 5.32 Å². The van der Waals surface area contributed by atoms with Crippen molar-refractivity contribution in [1.82, 2.24) is 10.2 Å². The van der Waals surface area contributed by atoms with Crippen LogP contribution in [-0.2, 0) is 10.2 Å². The van der Waals surface area contributed by atoms with Crippen molar-refractivity contribution in [1.29, 1.82) is 0 Å². The predicted octanol–water partition coefficient (Wildman–Crippen LogP) is 2.18. The molecule has 0 radical (unpaired) electrons. The number of amides is 1. The van der Waals surface area contributed by atoms with Gasteiger partial charge >= 0.3 is 0 Å². The molecule has 3 nitrogen and oxygen atoms in total. The zero-order valence-corrected chi connectivity index (χ0v) is 12.3. The molecule has 20 heavy (non-hydrogen) atoms. The summed E-state index contributed by atoms with van der Waals surface area (Å²) in [7, 11) is 1.99. The molecule has 1 aromatic rings. The van der Waals surface area contributed by atoms with Crippen molar-refractivity contribution in [3.05, 3.63) is 35.9 Å². The topological polar surface area (TPSA) is 32.3 Å². The molecule has 1 saturated carbocycles. The number of hydrogen-bond acceptors (Lipinski definition) is 2. The molecule has 0 bridgehead atoms. The molecule has 3 rings (SSSR count). The van der Waals surface area contributed by atoms with E-state index in [1.54, 1.807) is 0 Å². The third kappa shape index (κ3) is 2.24. The van der Waals surface area contributed by atoms with E-state index in [1.807, 2.05) is 13.1 Å². The maximum absolute atomic E-state index is 13.0. The van der Waals surface area contributed by atoms with Crippen LogP contribution in [0.3, 0.4) is 0 Å². The van der Waals surface area contributed by atoms with E-state index < -0.39 is 0 Å². The van der Waals surface area contributed by atoms with Gasteiger partial charge in [0.05, 0.1) is 5.41 Å². The lowest BCUT2D eigenvalue weighted by atomic mass is 9.63. The summed E-state index contributed by atoms with van der Waals surface area (Å²) >= 11 is 0. The number of likely N-dealkylation sites (tertiary alicyclic amines) is 1. The summed E-state index contributed by atoms with van der Waals surface area (Å²) in [5.74, 6) is 0.991. The fourth-order valence-corrected chi connectivity index (χ4v) is 3.69. The van der Waals surface area contributed by atoms with E-state index >= 15 is 0 Å². The smallest absolute Gasteiger partial charge is 0.233 e. The molecule has 1 heterocycles. The minimum absolute atomic E-state index is 0.213. The number of nitrogens with zero attached hydrogens (tertiary/aromatic N) is 1. The van der Waals surface area contributed by atoms with Crippen LogP contribution in [0.15, 0.2) is 30.3 Å². The van der Waals surface area contributed by atoms with E-state index in [-0.39, 0.29) is 5.41 Å². The van der Waals surface area contributed by atoms with Gasteiger partial charge in [-0.25, -0.2) is 0 Å². The van der Waals surface area contributed by atoms with Crippen molar-refractivity contribution >= 4 is 5.91 Å². The summed E-state index contributed by atoms with van der Waals surface area (Å²) in [5.41, 5.74) is 1.00. The number of hydrogen-bond donors (Lipinski definition) is 1. The van der Waals surface area contributed by atoms with Crippen LogP contribution in [0.25, 0.3) is 0 Å². The van der Waals surface area contributed by atoms with E-state index in [9.17, 15) is 4.79 Å². The van der Waals surface area contributed by atoms with Crippen molar-refractivity contribution in [2.45, 2.75) is 31.1 Å². The van der Waals surface area contributed by atoms with Crippen LogP contribution in [0.2, 0.25) is 0 Å². The van der Waals surface area contributed by atoms with Gasteiger partial charge in [0.15, 0.2) is 0 Å². The van der Waals surface area contributed by atoms with Gasteiger partial charge in [-0.05, 0) is 44.3 Å². The molecule has 2 aliphatic rings. The van der Waals surface area contributed by atoms with Gasteiger partial charge in [-0.1, -0.05) is 36.8 Å². The van der Waals surface area contributed by atoms with E-state index in [2.05, 4.69) is 34.5 Å². The molecule has 108 valence electrons. The van der Waals surface area contributed by atoms with Gasteiger partial charge in [-0.3, -0.25) is 4.79 Å². The fourth-order valence-electron chi connectivity index (χ4n) is 3.69. The van der Waals surface area contributed by atoms with Gasteiger partial charge in [-0.2, -0.15) is 0 Å². The molecule has 1 unspecified atom stereocenters. The van der Waals surface area contributed by atoms with Crippen molar-refractivity contribution in [2.24, 2.45) is 5.92 Å². The minimum atomic E-state index is -0.213. The highest BCUT2D eigenvalue weighted by molar-refractivity contribution is 5.89. The van der Waals surface area contributed by atoms with E-state index in [0.29, 0.717) is 11.8 Å². The molecule has 1 saturated heterocycles. The first-order valence-corrected chi connectivity index (χ1v) is 7.76. The molecule has 0 aromatic heterocycles. The van der Waals surface area contributed by atoms with Crippen molar-refractivity contribution in [3.63, 3.8) is 0 Å². The molecule has 0 spiro atoms. The Morgan fingerprint density at radius 2 is 2.10 bits per heavy atom. The molecular weight excluding hydrogens is 248 g/mol. The number of benzene rings is 1. The van der Waals surface area contributed by atoms with Gasteiger partial charge in [-0.15, -0.1) is 0 Å². The number of carbonyl (C=O) groups is 1. The molecule has 1 atom stereocenters. The zero-order valence-electron chi connectivity index (χ0n) is 12.3. The summed E-state index contributed by atoms with van der Waals surface area (Å²) < 4.78 is 0. The third-order valence-corrected chi connectivity index (χ3v) is 5.01. The molecule has 2 fully saturated rings. The molecular formula is C17H24N2O. The van der Waals surface area contributed by atoms with Crippen molar-refractivity contribution in [3.8, 4) is 0 Å². The molecule has 1 aliphatic carbocycles. The lowest BCUT2D eigenvalue weighted by Gasteiger charge is -2.43. The number of carbonyl (C=O) groups excluding carboxylic acids is 1. The maximum atomic E-state index is 13.0. The van der Waals surface area contributed by atoms with Crippen LogP contribution in [0.5, 0.6) is 0 Å². The molecule has 3 heteroatoms. The highest BCUT2D eigenvalue weighted by Crippen LogP contribution is 2.45. The first-order chi connectivity index (χ1) is 9.76. The molecule has 1 amide bonds. The standard InChI is InChI=1S/C17H24N2O/c1-18-12-14-8-11-19(13-14)16(20)17(9-5-10-17)15-6-3-2-4-7-15/h2-4,6-7,14,18H,5,8-13H2,1H3. The van der Waals surface area contributed by atoms with Crippen molar-refractivity contribution < 1.29 is 4.79 Å². The lowest BCUT2D eigenvalue weighted by molar-refractivity contribution is -0.140. The highest BCUT2D eigenvalue weighted by Gasteiger charge is 2.48. The first-order valence-electron chi connectivity index (χ1n) is 7.76. The van der Waals surface area contributed by atoms with Gasteiger partial charge in [0.1, 0.15) is 0 Å². The maximum Gasteiger partial charge on any atom is 0.233 e. The normalized spacial score (nSPS) is 24.4. The van der Waals surface area contributed by atoms with Crippen molar-refractivity contribution in [2.75, 3.05) is 26.7 Å². The largest absolute Gasteiger partial charge is 0.342 e. The fraction of sp³-hybridized carbons (Fsp3) is 0.588. The highest BCUT2D eigenvalue weighted by atomic mass is 16.2. The predicted molar refractivity (Wildman–Crippen MR) is 80.6 cm³/mol. The van der Waals surface area contributed by atoms with E-state index in [0.717, 1.165) is 38.9 Å². The van der Waals surface area contributed by atoms with Crippen LogP contribution in [0.4, 0.5) is 0 Å². The zero-order chi connectivity index (χ0) is 14.0. The van der Waals surface area contributed by atoms with Gasteiger partial charge in [0.2, 0.25) is 5.91 Å². The second-order valence-electron chi connectivity index (χ2n) is 6.27. The van der Waals surface area contributed by atoms with Crippen LogP contribution in [0.1, 0.15) is 31.2 Å². The van der Waals surface area contributed by atoms with Crippen LogP contribution in [0, 0.1) is 5.92 Å². The van der Waals surface area contributed by atoms with E-state index in [4.69, 9.17) is 0 Å². The third-order valence-electron chi connectivity index (χ3n) is 5.01. The average molecular weight is 272 g/mol. The van der Waals surface area contributed by atoms with Crippen LogP contribution in [-0.4, -0.2) is 37.5 Å². The Kier molecular flexibility index (Phi) is 3.79. The Morgan fingerprint density at radius 3 is 2.70 bits per heavy atom. The molecule has 1 aromatic carbocycles. The summed E-state index contributed by atoms with van der Waals surface area (Å²) in [4.78, 5) is 15.1.